The van der Waals surface area contributed by atoms with Gasteiger partial charge >= 0.3 is 0 Å². The van der Waals surface area contributed by atoms with E-state index < -0.39 is 0 Å². The molecular formula is C30H33FN6O2S. The summed E-state index contributed by atoms with van der Waals surface area (Å²) >= 11 is 1.44. The number of nitrogens with two attached hydrogens (primary N) is 2. The second-order valence-corrected chi connectivity index (χ2v) is 9.95. The van der Waals surface area contributed by atoms with E-state index in [2.05, 4.69) is 20.2 Å². The van der Waals surface area contributed by atoms with Gasteiger partial charge in [-0.2, -0.15) is 0 Å². The number of aldehydes is 1. The fourth-order valence-electron chi connectivity index (χ4n) is 4.15. The lowest BCUT2D eigenvalue weighted by atomic mass is 10.00. The first-order valence-electron chi connectivity index (χ1n) is 12.9. The Bertz CT molecular complexity index is 1430. The van der Waals surface area contributed by atoms with Crippen LogP contribution in [-0.4, -0.2) is 68.8 Å². The van der Waals surface area contributed by atoms with Gasteiger partial charge in [0.25, 0.3) is 0 Å². The third-order valence-corrected chi connectivity index (χ3v) is 7.21. The first kappa shape index (κ1) is 28.9. The SMILES string of the molecule is CNc1cc(C=NCCN2CCOCC2)c(N)cc1-c1ccc(F)cc1.Nc1cccc(-c2nc(C=O)cs2)c1. The Morgan fingerprint density at radius 1 is 1.10 bits per heavy atom. The minimum atomic E-state index is -0.253. The number of nitrogen functional groups attached to an aromatic ring is 2. The van der Waals surface area contributed by atoms with Crippen LogP contribution >= 0.6 is 11.3 Å². The molecule has 10 heteroatoms. The molecule has 1 aromatic heterocycles. The number of thiazole rings is 1. The molecule has 0 radical (unpaired) electrons. The van der Waals surface area contributed by atoms with E-state index in [0.717, 1.165) is 78.6 Å². The molecule has 208 valence electrons. The molecule has 1 fully saturated rings. The predicted octanol–water partition coefficient (Wildman–Crippen LogP) is 5.07. The molecule has 0 spiro atoms. The molecule has 5 rings (SSSR count). The number of halogens is 1. The van der Waals surface area contributed by atoms with E-state index in [1.807, 2.05) is 49.7 Å². The fourth-order valence-corrected chi connectivity index (χ4v) is 4.91. The molecule has 1 saturated heterocycles. The van der Waals surface area contributed by atoms with E-state index >= 15 is 0 Å². The predicted molar refractivity (Wildman–Crippen MR) is 163 cm³/mol. The van der Waals surface area contributed by atoms with Crippen molar-refractivity contribution in [3.05, 3.63) is 83.1 Å². The van der Waals surface area contributed by atoms with Gasteiger partial charge < -0.3 is 21.5 Å². The molecule has 1 aliphatic rings. The molecule has 0 atom stereocenters. The maximum Gasteiger partial charge on any atom is 0.169 e. The topological polar surface area (TPSA) is 119 Å². The van der Waals surface area contributed by atoms with Gasteiger partial charge in [-0.3, -0.25) is 14.7 Å². The molecule has 0 unspecified atom stereocenters. The molecule has 2 heterocycles. The first-order valence-corrected chi connectivity index (χ1v) is 13.8. The maximum absolute atomic E-state index is 13.2. The molecule has 0 amide bonds. The van der Waals surface area contributed by atoms with Crippen molar-refractivity contribution in [3.63, 3.8) is 0 Å². The summed E-state index contributed by atoms with van der Waals surface area (Å²) in [6.07, 6.45) is 2.57. The number of ether oxygens (including phenoxy) is 1. The number of hydrogen-bond acceptors (Lipinski definition) is 9. The van der Waals surface area contributed by atoms with Crippen LogP contribution in [0.15, 0.2) is 71.0 Å². The summed E-state index contributed by atoms with van der Waals surface area (Å²) in [5, 5.41) is 5.73. The number of anilines is 3. The van der Waals surface area contributed by atoms with Crippen molar-refractivity contribution in [3.8, 4) is 21.7 Å². The third-order valence-electron chi connectivity index (χ3n) is 6.30. The molecule has 0 saturated carbocycles. The number of aliphatic imine (C=N–C) groups is 1. The Kier molecular flexibility index (Phi) is 10.3. The van der Waals surface area contributed by atoms with E-state index in [1.165, 1.54) is 23.5 Å². The van der Waals surface area contributed by atoms with Gasteiger partial charge in [0.2, 0.25) is 0 Å². The second kappa shape index (κ2) is 14.3. The van der Waals surface area contributed by atoms with Crippen molar-refractivity contribution in [1.29, 1.82) is 0 Å². The number of hydrogen-bond donors (Lipinski definition) is 3. The van der Waals surface area contributed by atoms with Gasteiger partial charge in [-0.25, -0.2) is 9.37 Å². The van der Waals surface area contributed by atoms with Gasteiger partial charge in [0.05, 0.1) is 19.8 Å². The van der Waals surface area contributed by atoms with Gasteiger partial charge in [0, 0.05) is 72.0 Å². The Morgan fingerprint density at radius 3 is 2.55 bits per heavy atom. The monoisotopic (exact) mass is 560 g/mol. The average Bonchev–Trinajstić information content (AvgIpc) is 3.47. The highest BCUT2D eigenvalue weighted by Gasteiger charge is 2.10. The van der Waals surface area contributed by atoms with Crippen molar-refractivity contribution < 1.29 is 13.9 Å². The molecule has 0 bridgehead atoms. The normalized spacial score (nSPS) is 13.6. The highest BCUT2D eigenvalue weighted by Crippen LogP contribution is 2.32. The third kappa shape index (κ3) is 7.95. The molecule has 40 heavy (non-hydrogen) atoms. The van der Waals surface area contributed by atoms with Gasteiger partial charge in [0.1, 0.15) is 16.5 Å². The number of rotatable bonds is 8. The minimum Gasteiger partial charge on any atom is -0.399 e. The molecule has 3 aromatic carbocycles. The zero-order chi connectivity index (χ0) is 28.3. The van der Waals surface area contributed by atoms with Crippen LogP contribution in [-0.2, 0) is 4.74 Å². The summed E-state index contributed by atoms with van der Waals surface area (Å²) in [7, 11) is 1.86. The van der Waals surface area contributed by atoms with Crippen molar-refractivity contribution >= 4 is 40.9 Å². The zero-order valence-electron chi connectivity index (χ0n) is 22.3. The lowest BCUT2D eigenvalue weighted by Crippen LogP contribution is -2.37. The molecule has 4 aromatic rings. The van der Waals surface area contributed by atoms with Crippen LogP contribution in [0.3, 0.4) is 0 Å². The second-order valence-electron chi connectivity index (χ2n) is 9.09. The van der Waals surface area contributed by atoms with Crippen molar-refractivity contribution in [2.45, 2.75) is 0 Å². The summed E-state index contributed by atoms with van der Waals surface area (Å²) in [6.45, 7) is 5.18. The van der Waals surface area contributed by atoms with Gasteiger partial charge in [-0.1, -0.05) is 24.3 Å². The van der Waals surface area contributed by atoms with Crippen molar-refractivity contribution in [2.75, 3.05) is 63.2 Å². The Balaban J connectivity index is 0.000000222. The number of carbonyl (C=O) groups excluding carboxylic acids is 1. The molecule has 0 aliphatic carbocycles. The summed E-state index contributed by atoms with van der Waals surface area (Å²) < 4.78 is 18.5. The van der Waals surface area contributed by atoms with Crippen LogP contribution in [0, 0.1) is 5.82 Å². The van der Waals surface area contributed by atoms with Crippen molar-refractivity contribution in [2.24, 2.45) is 4.99 Å². The standard InChI is InChI=1S/C20H25FN4O.C10H8N2OS/c1-23-20-12-16(14-24-6-7-25-8-10-26-11-9-25)19(22)13-18(20)15-2-4-17(21)5-3-15;11-8-3-1-2-7(4-8)10-12-9(5-13)6-14-10/h2-5,12-14,23H,6-11,22H2,1H3;1-6H,11H2. The summed E-state index contributed by atoms with van der Waals surface area (Å²) in [6, 6.07) is 17.7. The van der Waals surface area contributed by atoms with E-state index in [4.69, 9.17) is 16.2 Å². The van der Waals surface area contributed by atoms with Gasteiger partial charge in [-0.05, 0) is 42.0 Å². The minimum absolute atomic E-state index is 0.253. The van der Waals surface area contributed by atoms with Crippen molar-refractivity contribution in [1.82, 2.24) is 9.88 Å². The van der Waals surface area contributed by atoms with Crippen LogP contribution in [0.4, 0.5) is 21.5 Å². The largest absolute Gasteiger partial charge is 0.399 e. The fraction of sp³-hybridized carbons (Fsp3) is 0.233. The number of carbonyl (C=O) groups is 1. The van der Waals surface area contributed by atoms with E-state index in [9.17, 15) is 9.18 Å². The van der Waals surface area contributed by atoms with E-state index in [1.54, 1.807) is 17.5 Å². The molecule has 5 N–H and O–H groups in total. The average molecular weight is 561 g/mol. The van der Waals surface area contributed by atoms with Crippen LogP contribution in [0.1, 0.15) is 16.1 Å². The number of aromatic nitrogens is 1. The molecule has 1 aliphatic heterocycles. The van der Waals surface area contributed by atoms with Crippen LogP contribution in [0.25, 0.3) is 21.7 Å². The van der Waals surface area contributed by atoms with E-state index in [-0.39, 0.29) is 5.82 Å². The summed E-state index contributed by atoms with van der Waals surface area (Å²) in [4.78, 5) is 21.4. The molecule has 8 nitrogen and oxygen atoms in total. The molecular weight excluding hydrogens is 527 g/mol. The number of nitrogens with zero attached hydrogens (tertiary/aromatic N) is 3. The Labute approximate surface area is 237 Å². The van der Waals surface area contributed by atoms with Crippen LogP contribution in [0.2, 0.25) is 0 Å². The lowest BCUT2D eigenvalue weighted by molar-refractivity contribution is 0.0395. The smallest absolute Gasteiger partial charge is 0.169 e. The van der Waals surface area contributed by atoms with Crippen LogP contribution in [0.5, 0.6) is 0 Å². The Morgan fingerprint density at radius 2 is 1.88 bits per heavy atom. The van der Waals surface area contributed by atoms with Gasteiger partial charge in [-0.15, -0.1) is 11.3 Å². The van der Waals surface area contributed by atoms with E-state index in [0.29, 0.717) is 17.1 Å². The zero-order valence-corrected chi connectivity index (χ0v) is 23.2. The highest BCUT2D eigenvalue weighted by molar-refractivity contribution is 7.13. The Hall–Kier alpha value is -4.12. The van der Waals surface area contributed by atoms with Gasteiger partial charge in [0.15, 0.2) is 6.29 Å². The maximum atomic E-state index is 13.2. The lowest BCUT2D eigenvalue weighted by Gasteiger charge is -2.25. The summed E-state index contributed by atoms with van der Waals surface area (Å²) in [5.74, 6) is -0.253. The number of morpholine rings is 1. The quantitative estimate of drug-likeness (QED) is 0.156. The number of nitrogens with one attached hydrogen (secondary N) is 1. The number of benzene rings is 3. The highest BCUT2D eigenvalue weighted by atomic mass is 32.1. The summed E-state index contributed by atoms with van der Waals surface area (Å²) in [5.41, 5.74) is 18.3. The first-order chi connectivity index (χ1) is 19.5. The van der Waals surface area contributed by atoms with Crippen LogP contribution < -0.4 is 16.8 Å².